The fraction of sp³-hybridized carbons (Fsp3) is 0.240. The van der Waals surface area contributed by atoms with E-state index in [-0.39, 0.29) is 0 Å². The van der Waals surface area contributed by atoms with Crippen molar-refractivity contribution in [3.63, 3.8) is 0 Å². The number of rotatable bonds is 5. The van der Waals surface area contributed by atoms with E-state index < -0.39 is 10.2 Å². The van der Waals surface area contributed by atoms with Crippen molar-refractivity contribution in [1.29, 1.82) is 0 Å². The van der Waals surface area contributed by atoms with E-state index in [1.807, 2.05) is 0 Å². The van der Waals surface area contributed by atoms with Crippen molar-refractivity contribution >= 4 is 17.0 Å². The van der Waals surface area contributed by atoms with Crippen LogP contribution in [0.3, 0.4) is 0 Å². The molecule has 1 aliphatic carbocycles. The zero-order valence-electron chi connectivity index (χ0n) is 18.8. The highest BCUT2D eigenvalue weighted by molar-refractivity contribution is 6.03. The maximum atomic E-state index is 8.49. The largest absolute Gasteiger partial charge is 0.372 e. The molecule has 0 unspecified atom stereocenters. The minimum absolute atomic E-state index is 1.02. The predicted molar refractivity (Wildman–Crippen MR) is 118 cm³/mol. The van der Waals surface area contributed by atoms with E-state index in [2.05, 4.69) is 116 Å². The first-order chi connectivity index (χ1) is 15.1. The summed E-state index contributed by atoms with van der Waals surface area (Å²) in [4.78, 5) is 2.37. The van der Waals surface area contributed by atoms with E-state index in [1.54, 1.807) is 0 Å². The Morgan fingerprint density at radius 2 is 1.22 bits per heavy atom. The Morgan fingerprint density at radius 1 is 0.750 bits per heavy atom. The van der Waals surface area contributed by atoms with Crippen molar-refractivity contribution in [2.45, 2.75) is 13.8 Å². The van der Waals surface area contributed by atoms with Crippen LogP contribution in [0.25, 0.3) is 5.57 Å². The fourth-order valence-corrected chi connectivity index (χ4v) is 3.46. The zero-order valence-corrected chi connectivity index (χ0v) is 19.6. The molecule has 0 radical (unpaired) electrons. The quantitative estimate of drug-likeness (QED) is 0.607. The molecule has 0 aromatic heterocycles. The molecule has 0 bridgehead atoms. The molecule has 2 aromatic rings. The van der Waals surface area contributed by atoms with E-state index in [0.29, 0.717) is 0 Å². The van der Waals surface area contributed by atoms with Gasteiger partial charge >= 0.3 is 0 Å². The zero-order chi connectivity index (χ0) is 23.7. The maximum absolute atomic E-state index is 8.49. The molecule has 2 aromatic carbocycles. The number of halogens is 1. The molecule has 0 N–H and O–H groups in total. The third kappa shape index (κ3) is 7.75. The average Bonchev–Trinajstić information content (AvgIpc) is 2.76. The molecule has 0 amide bonds. The standard InChI is InChI=1S/C25H29N2.ClHO4/c1-5-27(6-2)24-18-14-22(15-19-24)25(20-10-8-7-9-11-20)21-12-16-23(17-13-21)26(3)4;2-1(3,4)5/h7-19H,5-6H2,1-4H3;(H,2,3,4,5)/q+1;/p-1. The SMILES string of the molecule is CCN(CC)c1ccc(C(=C2C=CC(=[N+](C)C)C=C2)c2ccccc2)cc1.[O-][Cl+3]([O-])([O-])[O-]. The van der Waals surface area contributed by atoms with Crippen molar-refractivity contribution in [3.05, 3.63) is 95.6 Å². The second-order valence-corrected chi connectivity index (χ2v) is 8.04. The fourth-order valence-electron chi connectivity index (χ4n) is 3.46. The highest BCUT2D eigenvalue weighted by atomic mass is 35.7. The van der Waals surface area contributed by atoms with Crippen molar-refractivity contribution < 1.29 is 33.5 Å². The normalized spacial score (nSPS) is 12.9. The summed E-state index contributed by atoms with van der Waals surface area (Å²) in [5.74, 6) is 0. The summed E-state index contributed by atoms with van der Waals surface area (Å²) in [6.07, 6.45) is 8.80. The lowest BCUT2D eigenvalue weighted by Gasteiger charge is -2.21. The van der Waals surface area contributed by atoms with Crippen molar-refractivity contribution in [1.82, 2.24) is 0 Å². The van der Waals surface area contributed by atoms with Gasteiger partial charge in [-0.25, -0.2) is 23.2 Å². The Morgan fingerprint density at radius 3 is 1.66 bits per heavy atom. The summed E-state index contributed by atoms with van der Waals surface area (Å²) in [7, 11) is -0.800. The Balaban J connectivity index is 0.000000654. The van der Waals surface area contributed by atoms with E-state index in [1.165, 1.54) is 33.7 Å². The van der Waals surface area contributed by atoms with Crippen LogP contribution < -0.4 is 23.5 Å². The van der Waals surface area contributed by atoms with Gasteiger partial charge in [0.2, 0.25) is 0 Å². The number of allylic oxidation sites excluding steroid dienone is 5. The van der Waals surface area contributed by atoms with E-state index >= 15 is 0 Å². The molecule has 0 aliphatic heterocycles. The van der Waals surface area contributed by atoms with Crippen LogP contribution in [0.1, 0.15) is 25.0 Å². The molecule has 0 atom stereocenters. The number of anilines is 1. The van der Waals surface area contributed by atoms with E-state index in [4.69, 9.17) is 18.6 Å². The van der Waals surface area contributed by atoms with Gasteiger partial charge in [-0.15, -0.1) is 10.2 Å². The summed E-state index contributed by atoms with van der Waals surface area (Å²) in [5, 5.41) is 0. The van der Waals surface area contributed by atoms with Crippen LogP contribution in [0, 0.1) is 10.2 Å². The Kier molecular flexibility index (Phi) is 9.38. The maximum Gasteiger partial charge on any atom is 0.199 e. The lowest BCUT2D eigenvalue weighted by atomic mass is 9.90. The summed E-state index contributed by atoms with van der Waals surface area (Å²) in [5.41, 5.74) is 7.48. The van der Waals surface area contributed by atoms with Gasteiger partial charge in [0, 0.05) is 30.9 Å². The molecule has 1 aliphatic rings. The van der Waals surface area contributed by atoms with Crippen LogP contribution in [0.2, 0.25) is 0 Å². The predicted octanol–water partition coefficient (Wildman–Crippen LogP) is 0.418. The molecule has 0 saturated heterocycles. The highest BCUT2D eigenvalue weighted by Crippen LogP contribution is 2.30. The van der Waals surface area contributed by atoms with Crippen molar-refractivity contribution in [2.24, 2.45) is 0 Å². The smallest absolute Gasteiger partial charge is 0.199 e. The third-order valence-electron chi connectivity index (χ3n) is 5.02. The van der Waals surface area contributed by atoms with Crippen LogP contribution in [0.15, 0.2) is 84.5 Å². The Labute approximate surface area is 192 Å². The van der Waals surface area contributed by atoms with Gasteiger partial charge in [0.05, 0.1) is 0 Å². The molecule has 170 valence electrons. The summed E-state index contributed by atoms with van der Waals surface area (Å²) in [6, 6.07) is 19.6. The van der Waals surface area contributed by atoms with Crippen LogP contribution >= 0.6 is 0 Å². The summed E-state index contributed by atoms with van der Waals surface area (Å²) < 4.78 is 36.1. The summed E-state index contributed by atoms with van der Waals surface area (Å²) in [6.45, 7) is 6.45. The van der Waals surface area contributed by atoms with Crippen LogP contribution in [0.5, 0.6) is 0 Å². The number of hydrogen-bond donors (Lipinski definition) is 0. The number of benzene rings is 2. The van der Waals surface area contributed by atoms with Gasteiger partial charge in [-0.3, -0.25) is 0 Å². The molecule has 0 fully saturated rings. The monoisotopic (exact) mass is 456 g/mol. The number of nitrogens with zero attached hydrogens (tertiary/aromatic N) is 2. The molecule has 6 nitrogen and oxygen atoms in total. The van der Waals surface area contributed by atoms with Gasteiger partial charge in [-0.2, -0.15) is 0 Å². The lowest BCUT2D eigenvalue weighted by Crippen LogP contribution is -2.68. The van der Waals surface area contributed by atoms with E-state index in [0.717, 1.165) is 13.1 Å². The second kappa shape index (κ2) is 11.8. The first-order valence-corrected chi connectivity index (χ1v) is 11.5. The topological polar surface area (TPSA) is 98.5 Å². The molecule has 7 heteroatoms. The molecule has 3 rings (SSSR count). The Hall–Kier alpha value is -2.74. The van der Waals surface area contributed by atoms with Gasteiger partial charge in [0.25, 0.3) is 0 Å². The van der Waals surface area contributed by atoms with Crippen molar-refractivity contribution in [2.75, 3.05) is 32.1 Å². The minimum Gasteiger partial charge on any atom is -0.372 e. The van der Waals surface area contributed by atoms with Crippen LogP contribution in [0.4, 0.5) is 5.69 Å². The van der Waals surface area contributed by atoms with Gasteiger partial charge in [-0.05, 0) is 60.4 Å². The van der Waals surface area contributed by atoms with E-state index in [9.17, 15) is 0 Å². The van der Waals surface area contributed by atoms with Crippen LogP contribution in [-0.4, -0.2) is 37.5 Å². The van der Waals surface area contributed by atoms with Crippen molar-refractivity contribution in [3.8, 4) is 0 Å². The second-order valence-electron chi connectivity index (χ2n) is 7.28. The first kappa shape index (κ1) is 25.5. The summed E-state index contributed by atoms with van der Waals surface area (Å²) >= 11 is 0. The van der Waals surface area contributed by atoms with Gasteiger partial charge < -0.3 is 4.90 Å². The van der Waals surface area contributed by atoms with Gasteiger partial charge in [0.1, 0.15) is 14.1 Å². The molecule has 0 saturated carbocycles. The molecular weight excluding hydrogens is 428 g/mol. The lowest BCUT2D eigenvalue weighted by molar-refractivity contribution is -2.00. The first-order valence-electron chi connectivity index (χ1n) is 10.3. The Bertz CT molecular complexity index is 972. The minimum atomic E-state index is -4.94. The molecule has 0 heterocycles. The molecule has 0 spiro atoms. The molecular formula is C25H29ClN2O4. The third-order valence-corrected chi connectivity index (χ3v) is 5.02. The highest BCUT2D eigenvalue weighted by Gasteiger charge is 2.13. The molecule has 32 heavy (non-hydrogen) atoms. The van der Waals surface area contributed by atoms with Gasteiger partial charge in [-0.1, -0.05) is 42.5 Å². The average molecular weight is 457 g/mol. The number of hydrogen-bond acceptors (Lipinski definition) is 5. The van der Waals surface area contributed by atoms with Gasteiger partial charge in [0.15, 0.2) is 5.71 Å². The van der Waals surface area contributed by atoms with Crippen LogP contribution in [-0.2, 0) is 0 Å².